The van der Waals surface area contributed by atoms with Gasteiger partial charge in [0, 0.05) is 29.4 Å². The van der Waals surface area contributed by atoms with E-state index in [-0.39, 0.29) is 12.0 Å². The molecule has 0 saturated carbocycles. The normalized spacial score (nSPS) is 17.9. The van der Waals surface area contributed by atoms with Crippen molar-refractivity contribution in [1.82, 2.24) is 19.9 Å². The van der Waals surface area contributed by atoms with E-state index in [1.165, 1.54) is 16.9 Å². The molecule has 7 nitrogen and oxygen atoms in total. The Morgan fingerprint density at radius 3 is 3.00 bits per heavy atom. The summed E-state index contributed by atoms with van der Waals surface area (Å²) >= 11 is 1.52. The van der Waals surface area contributed by atoms with Gasteiger partial charge >= 0.3 is 5.97 Å². The molecule has 0 bridgehead atoms. The quantitative estimate of drug-likeness (QED) is 0.576. The predicted molar refractivity (Wildman–Crippen MR) is 115 cm³/mol. The molecule has 154 valence electrons. The highest BCUT2D eigenvalue weighted by Crippen LogP contribution is 2.41. The Morgan fingerprint density at radius 1 is 1.23 bits per heavy atom. The van der Waals surface area contributed by atoms with Gasteiger partial charge in [-0.25, -0.2) is 19.7 Å². The van der Waals surface area contributed by atoms with Gasteiger partial charge in [-0.15, -0.1) is 11.3 Å². The Bertz CT molecular complexity index is 1070. The van der Waals surface area contributed by atoms with Crippen LogP contribution in [0.1, 0.15) is 59.0 Å². The minimum Gasteiger partial charge on any atom is -0.461 e. The Kier molecular flexibility index (Phi) is 5.16. The summed E-state index contributed by atoms with van der Waals surface area (Å²) in [4.78, 5) is 33.3. The maximum Gasteiger partial charge on any atom is 0.357 e. The van der Waals surface area contributed by atoms with Gasteiger partial charge in [0.15, 0.2) is 11.5 Å². The molecule has 5 rings (SSSR count). The molecule has 0 radical (unpaired) electrons. The SMILES string of the molecule is CCOC(=O)c1csc(C2CCCN2c2nc(-c3ccccn3)nc3c2CCC3)n1. The average Bonchev–Trinajstić information content (AvgIpc) is 3.53. The largest absolute Gasteiger partial charge is 0.461 e. The summed E-state index contributed by atoms with van der Waals surface area (Å²) in [6, 6.07) is 5.94. The van der Waals surface area contributed by atoms with E-state index in [2.05, 4.69) is 14.9 Å². The lowest BCUT2D eigenvalue weighted by molar-refractivity contribution is 0.0520. The zero-order valence-electron chi connectivity index (χ0n) is 16.9. The highest BCUT2D eigenvalue weighted by Gasteiger charge is 2.34. The molecule has 3 aromatic rings. The number of ether oxygens (including phenoxy) is 1. The van der Waals surface area contributed by atoms with E-state index in [1.54, 1.807) is 18.5 Å². The van der Waals surface area contributed by atoms with Gasteiger partial charge in [-0.05, 0) is 51.2 Å². The monoisotopic (exact) mass is 421 g/mol. The topological polar surface area (TPSA) is 81.1 Å². The second-order valence-electron chi connectivity index (χ2n) is 7.51. The first kappa shape index (κ1) is 19.1. The van der Waals surface area contributed by atoms with Crippen LogP contribution >= 0.6 is 11.3 Å². The summed E-state index contributed by atoms with van der Waals surface area (Å²) in [7, 11) is 0. The highest BCUT2D eigenvalue weighted by molar-refractivity contribution is 7.10. The molecule has 0 aromatic carbocycles. The maximum atomic E-state index is 12.1. The van der Waals surface area contributed by atoms with Gasteiger partial charge in [-0.1, -0.05) is 6.07 Å². The predicted octanol–water partition coefficient (Wildman–Crippen LogP) is 4.00. The van der Waals surface area contributed by atoms with Crippen molar-refractivity contribution in [2.75, 3.05) is 18.1 Å². The lowest BCUT2D eigenvalue weighted by Crippen LogP contribution is -2.25. The Hall–Kier alpha value is -2.87. The molecule has 0 amide bonds. The van der Waals surface area contributed by atoms with E-state index >= 15 is 0 Å². The number of carbonyl (C=O) groups is 1. The minimum atomic E-state index is -0.357. The molecule has 0 spiro atoms. The number of hydrogen-bond acceptors (Lipinski definition) is 8. The third-order valence-corrected chi connectivity index (χ3v) is 6.57. The number of aromatic nitrogens is 4. The van der Waals surface area contributed by atoms with E-state index in [9.17, 15) is 4.79 Å². The molecular formula is C22H23N5O2S. The van der Waals surface area contributed by atoms with Crippen molar-refractivity contribution in [3.63, 3.8) is 0 Å². The number of fused-ring (bicyclic) bond motifs is 1. The van der Waals surface area contributed by atoms with E-state index in [1.807, 2.05) is 18.2 Å². The van der Waals surface area contributed by atoms with Crippen LogP contribution in [0.4, 0.5) is 5.82 Å². The van der Waals surface area contributed by atoms with Crippen LogP contribution in [0.2, 0.25) is 0 Å². The summed E-state index contributed by atoms with van der Waals surface area (Å²) in [5.74, 6) is 1.33. The molecule has 4 heterocycles. The number of esters is 1. The molecule has 30 heavy (non-hydrogen) atoms. The molecule has 0 N–H and O–H groups in total. The van der Waals surface area contributed by atoms with Crippen molar-refractivity contribution in [2.45, 2.75) is 45.1 Å². The summed E-state index contributed by atoms with van der Waals surface area (Å²) < 4.78 is 5.10. The van der Waals surface area contributed by atoms with Gasteiger partial charge in [0.25, 0.3) is 0 Å². The molecule has 1 unspecified atom stereocenters. The Morgan fingerprint density at radius 2 is 2.17 bits per heavy atom. The van der Waals surface area contributed by atoms with E-state index in [4.69, 9.17) is 14.7 Å². The van der Waals surface area contributed by atoms with Crippen LogP contribution in [-0.2, 0) is 17.6 Å². The molecular weight excluding hydrogens is 398 g/mol. The van der Waals surface area contributed by atoms with Gasteiger partial charge in [0.05, 0.1) is 12.6 Å². The number of hydrogen-bond donors (Lipinski definition) is 0. The van der Waals surface area contributed by atoms with Crippen molar-refractivity contribution >= 4 is 23.1 Å². The number of anilines is 1. The smallest absolute Gasteiger partial charge is 0.357 e. The Labute approximate surface area is 179 Å². The number of aryl methyl sites for hydroxylation is 1. The van der Waals surface area contributed by atoms with Crippen LogP contribution in [-0.4, -0.2) is 39.1 Å². The zero-order chi connectivity index (χ0) is 20.5. The first-order chi connectivity index (χ1) is 14.7. The highest BCUT2D eigenvalue weighted by atomic mass is 32.1. The van der Waals surface area contributed by atoms with E-state index in [0.717, 1.165) is 60.9 Å². The first-order valence-electron chi connectivity index (χ1n) is 10.4. The van der Waals surface area contributed by atoms with Gasteiger partial charge < -0.3 is 9.64 Å². The average molecular weight is 422 g/mol. The van der Waals surface area contributed by atoms with Crippen LogP contribution in [0, 0.1) is 0 Å². The van der Waals surface area contributed by atoms with Crippen molar-refractivity contribution in [1.29, 1.82) is 0 Å². The fourth-order valence-corrected chi connectivity index (χ4v) is 5.21. The number of carbonyl (C=O) groups excluding carboxylic acids is 1. The molecule has 1 aliphatic carbocycles. The second-order valence-corrected chi connectivity index (χ2v) is 8.40. The lowest BCUT2D eigenvalue weighted by atomic mass is 10.2. The molecule has 1 atom stereocenters. The number of pyridine rings is 1. The minimum absolute atomic E-state index is 0.120. The fraction of sp³-hybridized carbons (Fsp3) is 0.409. The lowest BCUT2D eigenvalue weighted by Gasteiger charge is -2.26. The van der Waals surface area contributed by atoms with Gasteiger partial charge in [-0.2, -0.15) is 0 Å². The maximum absolute atomic E-state index is 12.1. The molecule has 1 aliphatic heterocycles. The summed E-state index contributed by atoms with van der Waals surface area (Å²) in [5.41, 5.74) is 3.58. The fourth-order valence-electron chi connectivity index (χ4n) is 4.28. The van der Waals surface area contributed by atoms with Crippen molar-refractivity contribution in [3.8, 4) is 11.5 Å². The number of nitrogens with zero attached hydrogens (tertiary/aromatic N) is 5. The van der Waals surface area contributed by atoms with Gasteiger partial charge in [0.2, 0.25) is 0 Å². The summed E-state index contributed by atoms with van der Waals surface area (Å²) in [6.45, 7) is 3.08. The third kappa shape index (κ3) is 3.45. The van der Waals surface area contributed by atoms with Crippen molar-refractivity contribution in [3.05, 3.63) is 51.7 Å². The zero-order valence-corrected chi connectivity index (χ0v) is 17.7. The van der Waals surface area contributed by atoms with Crippen LogP contribution < -0.4 is 4.90 Å². The van der Waals surface area contributed by atoms with Gasteiger partial charge in [0.1, 0.15) is 16.5 Å². The number of rotatable bonds is 5. The second kappa shape index (κ2) is 8.10. The van der Waals surface area contributed by atoms with E-state index in [0.29, 0.717) is 18.1 Å². The van der Waals surface area contributed by atoms with Crippen LogP contribution in [0.25, 0.3) is 11.5 Å². The third-order valence-electron chi connectivity index (χ3n) is 5.62. The standard InChI is InChI=1S/C22H23N5O2S/c1-2-29-22(28)17-13-30-21(25-17)18-10-6-12-27(18)20-14-7-5-9-15(14)24-19(26-20)16-8-3-4-11-23-16/h3-4,8,11,13,18H,2,5-7,9-10,12H2,1H3. The Balaban J connectivity index is 1.52. The van der Waals surface area contributed by atoms with Crippen LogP contribution in [0.15, 0.2) is 29.8 Å². The molecule has 3 aromatic heterocycles. The molecule has 2 aliphatic rings. The van der Waals surface area contributed by atoms with Crippen LogP contribution in [0.5, 0.6) is 0 Å². The summed E-state index contributed by atoms with van der Waals surface area (Å²) in [6.07, 6.45) is 6.92. The van der Waals surface area contributed by atoms with Crippen LogP contribution in [0.3, 0.4) is 0 Å². The van der Waals surface area contributed by atoms with E-state index < -0.39 is 0 Å². The first-order valence-corrected chi connectivity index (χ1v) is 11.3. The summed E-state index contributed by atoms with van der Waals surface area (Å²) in [5, 5.41) is 2.74. The molecule has 1 fully saturated rings. The number of thiazole rings is 1. The van der Waals surface area contributed by atoms with Crippen molar-refractivity contribution in [2.24, 2.45) is 0 Å². The van der Waals surface area contributed by atoms with Gasteiger partial charge in [-0.3, -0.25) is 4.98 Å². The molecule has 1 saturated heterocycles. The molecule has 8 heteroatoms. The van der Waals surface area contributed by atoms with Crippen molar-refractivity contribution < 1.29 is 9.53 Å².